The molecule has 114 valence electrons. The number of piperidine rings is 1. The van der Waals surface area contributed by atoms with Crippen LogP contribution < -0.4 is 15.4 Å². The molecule has 1 saturated heterocycles. The molecule has 2 atom stereocenters. The normalized spacial score (nSPS) is 24.8. The quantitative estimate of drug-likeness (QED) is 0.891. The van der Waals surface area contributed by atoms with E-state index in [9.17, 15) is 4.79 Å². The summed E-state index contributed by atoms with van der Waals surface area (Å²) >= 11 is 0. The fourth-order valence-corrected chi connectivity index (χ4v) is 3.31. The summed E-state index contributed by atoms with van der Waals surface area (Å²) < 4.78 is 5.62. The number of hydrogen-bond acceptors (Lipinski definition) is 3. The molecule has 0 radical (unpaired) electrons. The molecule has 0 saturated carbocycles. The van der Waals surface area contributed by atoms with Gasteiger partial charge in [0, 0.05) is 12.1 Å². The van der Waals surface area contributed by atoms with Crippen LogP contribution in [0.4, 0.5) is 0 Å². The van der Waals surface area contributed by atoms with Gasteiger partial charge < -0.3 is 15.4 Å². The van der Waals surface area contributed by atoms with Gasteiger partial charge in [-0.2, -0.15) is 0 Å². The molecule has 1 aromatic rings. The molecule has 2 aliphatic heterocycles. The van der Waals surface area contributed by atoms with Crippen LogP contribution in [-0.2, 0) is 4.79 Å². The maximum absolute atomic E-state index is 12.4. The van der Waals surface area contributed by atoms with E-state index in [1.807, 2.05) is 24.3 Å². The Labute approximate surface area is 126 Å². The minimum Gasteiger partial charge on any atom is -0.493 e. The average molecular weight is 288 g/mol. The molecule has 1 aromatic carbocycles. The smallest absolute Gasteiger partial charge is 0.227 e. The van der Waals surface area contributed by atoms with E-state index in [2.05, 4.69) is 10.6 Å². The number of rotatable bonds is 4. The first kappa shape index (κ1) is 14.4. The summed E-state index contributed by atoms with van der Waals surface area (Å²) in [5.41, 5.74) is 1.03. The largest absolute Gasteiger partial charge is 0.493 e. The molecule has 1 amide bonds. The van der Waals surface area contributed by atoms with E-state index in [0.717, 1.165) is 43.8 Å². The number of carbonyl (C=O) groups is 1. The second-order valence-corrected chi connectivity index (χ2v) is 6.02. The molecule has 2 N–H and O–H groups in total. The fraction of sp³-hybridized carbons (Fsp3) is 0.588. The number of fused-ring (bicyclic) bond motifs is 1. The number of nitrogens with one attached hydrogen (secondary N) is 2. The number of amides is 1. The first-order valence-corrected chi connectivity index (χ1v) is 8.05. The summed E-state index contributed by atoms with van der Waals surface area (Å²) in [7, 11) is 0. The van der Waals surface area contributed by atoms with Crippen LogP contribution in [0.15, 0.2) is 24.3 Å². The lowest BCUT2D eigenvalue weighted by Gasteiger charge is -2.26. The van der Waals surface area contributed by atoms with Crippen molar-refractivity contribution in [2.45, 2.75) is 31.6 Å². The highest BCUT2D eigenvalue weighted by molar-refractivity contribution is 5.84. The Kier molecular flexibility index (Phi) is 4.76. The van der Waals surface area contributed by atoms with Crippen LogP contribution in [0.25, 0.3) is 0 Å². The van der Waals surface area contributed by atoms with Gasteiger partial charge in [0.1, 0.15) is 5.75 Å². The summed E-state index contributed by atoms with van der Waals surface area (Å²) in [4.78, 5) is 12.4. The van der Waals surface area contributed by atoms with Crippen molar-refractivity contribution in [3.63, 3.8) is 0 Å². The van der Waals surface area contributed by atoms with Crippen LogP contribution in [0.1, 0.15) is 37.2 Å². The average Bonchev–Trinajstić information content (AvgIpc) is 2.55. The Morgan fingerprint density at radius 2 is 2.24 bits per heavy atom. The number of hydrogen-bond donors (Lipinski definition) is 2. The highest BCUT2D eigenvalue weighted by Gasteiger charge is 2.27. The minimum atomic E-state index is -0.0561. The molecule has 4 nitrogen and oxygen atoms in total. The van der Waals surface area contributed by atoms with Crippen molar-refractivity contribution in [2.24, 2.45) is 5.92 Å². The summed E-state index contributed by atoms with van der Waals surface area (Å²) in [6.07, 6.45) is 4.38. The molecule has 0 bridgehead atoms. The molecule has 1 fully saturated rings. The van der Waals surface area contributed by atoms with Crippen molar-refractivity contribution in [1.82, 2.24) is 10.6 Å². The number of carbonyl (C=O) groups excluding carboxylic acids is 1. The predicted octanol–water partition coefficient (Wildman–Crippen LogP) is 2.06. The first-order valence-electron chi connectivity index (χ1n) is 8.05. The van der Waals surface area contributed by atoms with Crippen LogP contribution in [-0.4, -0.2) is 32.1 Å². The van der Waals surface area contributed by atoms with Crippen LogP contribution >= 0.6 is 0 Å². The zero-order chi connectivity index (χ0) is 14.5. The van der Waals surface area contributed by atoms with E-state index in [0.29, 0.717) is 12.5 Å². The molecule has 3 rings (SSSR count). The fourth-order valence-electron chi connectivity index (χ4n) is 3.31. The summed E-state index contributed by atoms with van der Waals surface area (Å²) in [6, 6.07) is 7.88. The number of para-hydroxylation sites is 1. The van der Waals surface area contributed by atoms with Gasteiger partial charge in [-0.3, -0.25) is 4.79 Å². The van der Waals surface area contributed by atoms with Gasteiger partial charge in [-0.05, 0) is 50.8 Å². The van der Waals surface area contributed by atoms with Crippen molar-refractivity contribution in [3.8, 4) is 5.75 Å². The molecule has 21 heavy (non-hydrogen) atoms. The molecule has 4 heteroatoms. The molecule has 0 aliphatic carbocycles. The van der Waals surface area contributed by atoms with Crippen LogP contribution in [0, 0.1) is 5.92 Å². The van der Waals surface area contributed by atoms with Crippen molar-refractivity contribution < 1.29 is 9.53 Å². The molecule has 0 aromatic heterocycles. The van der Waals surface area contributed by atoms with Gasteiger partial charge in [0.2, 0.25) is 5.91 Å². The van der Waals surface area contributed by atoms with Crippen molar-refractivity contribution >= 4 is 5.91 Å². The Morgan fingerprint density at radius 1 is 1.33 bits per heavy atom. The Bertz CT molecular complexity index is 483. The summed E-state index contributed by atoms with van der Waals surface area (Å²) in [5.74, 6) is 1.66. The Balaban J connectivity index is 1.51. The standard InChI is InChI=1S/C17H24N2O2/c20-17(19-10-7-13-4-3-9-18-12-13)15-8-11-21-16-6-2-1-5-14(15)16/h1-2,5-6,13,15,18H,3-4,7-12H2,(H,19,20). The molecular formula is C17H24N2O2. The van der Waals surface area contributed by atoms with E-state index in [4.69, 9.17) is 4.74 Å². The van der Waals surface area contributed by atoms with E-state index >= 15 is 0 Å². The van der Waals surface area contributed by atoms with Gasteiger partial charge >= 0.3 is 0 Å². The van der Waals surface area contributed by atoms with E-state index < -0.39 is 0 Å². The van der Waals surface area contributed by atoms with Gasteiger partial charge in [-0.25, -0.2) is 0 Å². The van der Waals surface area contributed by atoms with Crippen LogP contribution in [0.3, 0.4) is 0 Å². The number of benzene rings is 1. The van der Waals surface area contributed by atoms with E-state index in [-0.39, 0.29) is 11.8 Å². The second-order valence-electron chi connectivity index (χ2n) is 6.02. The van der Waals surface area contributed by atoms with Crippen molar-refractivity contribution in [2.75, 3.05) is 26.2 Å². The maximum atomic E-state index is 12.4. The van der Waals surface area contributed by atoms with Gasteiger partial charge in [0.15, 0.2) is 0 Å². The molecular weight excluding hydrogens is 264 g/mol. The highest BCUT2D eigenvalue weighted by Crippen LogP contribution is 2.33. The van der Waals surface area contributed by atoms with Crippen molar-refractivity contribution in [3.05, 3.63) is 29.8 Å². The Hall–Kier alpha value is -1.55. The predicted molar refractivity (Wildman–Crippen MR) is 82.5 cm³/mol. The topological polar surface area (TPSA) is 50.4 Å². The van der Waals surface area contributed by atoms with Crippen LogP contribution in [0.5, 0.6) is 5.75 Å². The second kappa shape index (κ2) is 6.94. The molecule has 2 heterocycles. The lowest BCUT2D eigenvalue weighted by Crippen LogP contribution is -2.36. The van der Waals surface area contributed by atoms with E-state index in [1.165, 1.54) is 12.8 Å². The molecule has 2 unspecified atom stereocenters. The third-order valence-corrected chi connectivity index (χ3v) is 4.53. The lowest BCUT2D eigenvalue weighted by atomic mass is 9.92. The van der Waals surface area contributed by atoms with Crippen LogP contribution in [0.2, 0.25) is 0 Å². The molecule has 2 aliphatic rings. The zero-order valence-electron chi connectivity index (χ0n) is 12.4. The zero-order valence-corrected chi connectivity index (χ0v) is 12.4. The van der Waals surface area contributed by atoms with E-state index in [1.54, 1.807) is 0 Å². The first-order chi connectivity index (χ1) is 10.3. The highest BCUT2D eigenvalue weighted by atomic mass is 16.5. The maximum Gasteiger partial charge on any atom is 0.227 e. The van der Waals surface area contributed by atoms with Gasteiger partial charge in [-0.15, -0.1) is 0 Å². The monoisotopic (exact) mass is 288 g/mol. The third kappa shape index (κ3) is 3.56. The third-order valence-electron chi connectivity index (χ3n) is 4.53. The van der Waals surface area contributed by atoms with Gasteiger partial charge in [0.25, 0.3) is 0 Å². The summed E-state index contributed by atoms with van der Waals surface area (Å²) in [5, 5.41) is 6.54. The lowest BCUT2D eigenvalue weighted by molar-refractivity contribution is -0.123. The minimum absolute atomic E-state index is 0.0561. The molecule has 0 spiro atoms. The summed E-state index contributed by atoms with van der Waals surface area (Å²) in [6.45, 7) is 3.64. The van der Waals surface area contributed by atoms with Crippen molar-refractivity contribution in [1.29, 1.82) is 0 Å². The van der Waals surface area contributed by atoms with Gasteiger partial charge in [-0.1, -0.05) is 18.2 Å². The Morgan fingerprint density at radius 3 is 3.10 bits per heavy atom. The number of ether oxygens (including phenoxy) is 1. The van der Waals surface area contributed by atoms with Gasteiger partial charge in [0.05, 0.1) is 12.5 Å². The SMILES string of the molecule is O=C(NCCC1CCCNC1)C1CCOc2ccccc21.